The van der Waals surface area contributed by atoms with Gasteiger partial charge in [-0.3, -0.25) is 4.90 Å². The normalized spacial score (nSPS) is 22.7. The third kappa shape index (κ3) is 5.74. The van der Waals surface area contributed by atoms with Gasteiger partial charge in [0, 0.05) is 68.2 Å². The molecule has 0 amide bonds. The van der Waals surface area contributed by atoms with E-state index in [1.165, 1.54) is 16.7 Å². The first kappa shape index (κ1) is 25.2. The fraction of sp³-hybridized carbons (Fsp3) is 0.586. The van der Waals surface area contributed by atoms with Crippen molar-refractivity contribution < 1.29 is 5.11 Å². The summed E-state index contributed by atoms with van der Waals surface area (Å²) in [5.74, 6) is 0.702. The Morgan fingerprint density at radius 3 is 2.47 bits per heavy atom. The highest BCUT2D eigenvalue weighted by Crippen LogP contribution is 2.37. The zero-order valence-electron chi connectivity index (χ0n) is 22.2. The molecule has 0 bridgehead atoms. The van der Waals surface area contributed by atoms with Gasteiger partial charge in [-0.05, 0) is 57.2 Å². The van der Waals surface area contributed by atoms with Crippen molar-refractivity contribution in [2.24, 2.45) is 0 Å². The Bertz CT molecular complexity index is 1130. The second-order valence-electron chi connectivity index (χ2n) is 11.0. The van der Waals surface area contributed by atoms with Crippen molar-refractivity contribution >= 4 is 17.0 Å². The molecule has 2 aromatic heterocycles. The molecule has 0 radical (unpaired) electrons. The monoisotopic (exact) mass is 490 g/mol. The molecule has 2 N–H and O–H groups in total. The predicted molar refractivity (Wildman–Crippen MR) is 147 cm³/mol. The third-order valence-corrected chi connectivity index (χ3v) is 8.00. The summed E-state index contributed by atoms with van der Waals surface area (Å²) < 4.78 is 2.35. The van der Waals surface area contributed by atoms with Crippen molar-refractivity contribution in [1.29, 1.82) is 0 Å². The fourth-order valence-corrected chi connectivity index (χ4v) is 5.72. The van der Waals surface area contributed by atoms with Crippen LogP contribution in [0, 0.1) is 0 Å². The number of benzene rings is 1. The van der Waals surface area contributed by atoms with Crippen LogP contribution in [0.1, 0.15) is 64.0 Å². The van der Waals surface area contributed by atoms with Gasteiger partial charge in [-0.2, -0.15) is 4.98 Å². The molecule has 1 aliphatic heterocycles. The van der Waals surface area contributed by atoms with Gasteiger partial charge in [0.2, 0.25) is 5.95 Å². The van der Waals surface area contributed by atoms with E-state index < -0.39 is 0 Å². The number of fused-ring (bicyclic) bond motifs is 1. The van der Waals surface area contributed by atoms with E-state index in [4.69, 9.17) is 9.97 Å². The standard InChI is InChI=1S/C29H42N6O/c1-4-5-21(2)31-29-30-18-26-27(20-35(28(26)32-29)24-10-12-25(36)13-11-24)23-8-6-22(7-9-23)19-34-16-14-33(3)15-17-34/h6-9,18,20-21,24-25,36H,4-5,10-17,19H2,1-3H3,(H,30,31,32)/t21-,24?,25?/m0/s1. The molecular formula is C29H42N6O. The molecule has 7 heteroatoms. The third-order valence-electron chi connectivity index (χ3n) is 8.00. The van der Waals surface area contributed by atoms with Crippen LogP contribution in [0.2, 0.25) is 0 Å². The SMILES string of the molecule is CCC[C@H](C)Nc1ncc2c(-c3ccc(CN4CCN(C)CC4)cc3)cn(C3CCC(O)CC3)c2n1. The Morgan fingerprint density at radius 2 is 1.78 bits per heavy atom. The van der Waals surface area contributed by atoms with E-state index in [1.54, 1.807) is 0 Å². The Hall–Kier alpha value is -2.48. The number of nitrogens with zero attached hydrogens (tertiary/aromatic N) is 5. The Balaban J connectivity index is 1.42. The van der Waals surface area contributed by atoms with Crippen LogP contribution in [0.5, 0.6) is 0 Å². The Morgan fingerprint density at radius 1 is 1.06 bits per heavy atom. The molecule has 1 aliphatic carbocycles. The molecule has 1 atom stereocenters. The Labute approximate surface area is 215 Å². The van der Waals surface area contributed by atoms with Crippen LogP contribution >= 0.6 is 0 Å². The molecule has 7 nitrogen and oxygen atoms in total. The predicted octanol–water partition coefficient (Wildman–Crippen LogP) is 4.92. The lowest BCUT2D eigenvalue weighted by Crippen LogP contribution is -2.43. The van der Waals surface area contributed by atoms with Crippen molar-refractivity contribution in [3.63, 3.8) is 0 Å². The number of hydrogen-bond acceptors (Lipinski definition) is 6. The summed E-state index contributed by atoms with van der Waals surface area (Å²) in [6.07, 6.45) is 9.98. The zero-order valence-corrected chi connectivity index (χ0v) is 22.2. The maximum atomic E-state index is 10.1. The first-order valence-corrected chi connectivity index (χ1v) is 13.8. The summed E-state index contributed by atoms with van der Waals surface area (Å²) in [7, 11) is 2.20. The highest BCUT2D eigenvalue weighted by atomic mass is 16.3. The molecule has 1 aromatic carbocycles. The topological polar surface area (TPSA) is 69.5 Å². The van der Waals surface area contributed by atoms with Gasteiger partial charge in [-0.1, -0.05) is 37.6 Å². The highest BCUT2D eigenvalue weighted by Gasteiger charge is 2.24. The number of anilines is 1. The number of aliphatic hydroxyl groups excluding tert-OH is 1. The number of rotatable bonds is 8. The smallest absolute Gasteiger partial charge is 0.224 e. The summed E-state index contributed by atoms with van der Waals surface area (Å²) in [4.78, 5) is 14.6. The van der Waals surface area contributed by atoms with Crippen molar-refractivity contribution in [3.8, 4) is 11.1 Å². The number of aromatic nitrogens is 3. The maximum Gasteiger partial charge on any atom is 0.224 e. The minimum absolute atomic E-state index is 0.169. The van der Waals surface area contributed by atoms with Crippen LogP contribution in [0.4, 0.5) is 5.95 Å². The molecule has 3 aromatic rings. The molecule has 2 fully saturated rings. The van der Waals surface area contributed by atoms with Gasteiger partial charge < -0.3 is 19.9 Å². The first-order valence-electron chi connectivity index (χ1n) is 13.8. The molecule has 1 saturated carbocycles. The minimum atomic E-state index is -0.169. The molecule has 0 spiro atoms. The summed E-state index contributed by atoms with van der Waals surface area (Å²) >= 11 is 0. The van der Waals surface area contributed by atoms with E-state index in [9.17, 15) is 5.11 Å². The van der Waals surface area contributed by atoms with E-state index in [1.807, 2.05) is 6.20 Å². The molecule has 36 heavy (non-hydrogen) atoms. The van der Waals surface area contributed by atoms with E-state index in [2.05, 4.69) is 71.0 Å². The van der Waals surface area contributed by atoms with Crippen LogP contribution in [0.25, 0.3) is 22.2 Å². The molecule has 2 aliphatic rings. The van der Waals surface area contributed by atoms with Crippen molar-refractivity contribution in [3.05, 3.63) is 42.2 Å². The van der Waals surface area contributed by atoms with E-state index >= 15 is 0 Å². The highest BCUT2D eigenvalue weighted by molar-refractivity contribution is 5.94. The van der Waals surface area contributed by atoms with Gasteiger partial charge in [0.1, 0.15) is 5.65 Å². The molecule has 3 heterocycles. The van der Waals surface area contributed by atoms with Crippen LogP contribution < -0.4 is 5.32 Å². The van der Waals surface area contributed by atoms with Crippen molar-refractivity contribution in [2.45, 2.75) is 77.1 Å². The number of aliphatic hydroxyl groups is 1. The largest absolute Gasteiger partial charge is 0.393 e. The maximum absolute atomic E-state index is 10.1. The fourth-order valence-electron chi connectivity index (χ4n) is 5.72. The van der Waals surface area contributed by atoms with Gasteiger partial charge in [-0.15, -0.1) is 0 Å². The van der Waals surface area contributed by atoms with Crippen LogP contribution in [-0.2, 0) is 6.54 Å². The average Bonchev–Trinajstić information content (AvgIpc) is 3.25. The quantitative estimate of drug-likeness (QED) is 0.467. The van der Waals surface area contributed by atoms with Gasteiger partial charge in [0.25, 0.3) is 0 Å². The summed E-state index contributed by atoms with van der Waals surface area (Å²) in [6.45, 7) is 9.95. The van der Waals surface area contributed by atoms with Crippen molar-refractivity contribution in [2.75, 3.05) is 38.5 Å². The van der Waals surface area contributed by atoms with Crippen LogP contribution in [0.15, 0.2) is 36.7 Å². The molecule has 1 saturated heterocycles. The lowest BCUT2D eigenvalue weighted by molar-refractivity contribution is 0.111. The van der Waals surface area contributed by atoms with Crippen molar-refractivity contribution in [1.82, 2.24) is 24.3 Å². The van der Waals surface area contributed by atoms with Gasteiger partial charge in [0.05, 0.1) is 6.10 Å². The van der Waals surface area contributed by atoms with Gasteiger partial charge in [-0.25, -0.2) is 4.98 Å². The molecule has 0 unspecified atom stereocenters. The second-order valence-corrected chi connectivity index (χ2v) is 11.0. The first-order chi connectivity index (χ1) is 17.5. The number of likely N-dealkylation sites (N-methyl/N-ethyl adjacent to an activating group) is 1. The van der Waals surface area contributed by atoms with Crippen LogP contribution in [-0.4, -0.2) is 74.8 Å². The molecule has 194 valence electrons. The van der Waals surface area contributed by atoms with E-state index in [-0.39, 0.29) is 6.10 Å². The van der Waals surface area contributed by atoms with Gasteiger partial charge in [0.15, 0.2) is 0 Å². The lowest BCUT2D eigenvalue weighted by atomic mass is 9.93. The zero-order chi connectivity index (χ0) is 25.1. The number of hydrogen-bond donors (Lipinski definition) is 2. The summed E-state index contributed by atoms with van der Waals surface area (Å²) in [6, 6.07) is 9.76. The summed E-state index contributed by atoms with van der Waals surface area (Å²) in [5.41, 5.74) is 4.76. The van der Waals surface area contributed by atoms with Gasteiger partial charge >= 0.3 is 0 Å². The molecular weight excluding hydrogens is 448 g/mol. The number of piperazine rings is 1. The average molecular weight is 491 g/mol. The summed E-state index contributed by atoms with van der Waals surface area (Å²) in [5, 5.41) is 14.7. The van der Waals surface area contributed by atoms with E-state index in [0.717, 1.165) is 82.3 Å². The van der Waals surface area contributed by atoms with Crippen LogP contribution in [0.3, 0.4) is 0 Å². The Kier molecular flexibility index (Phi) is 7.89. The van der Waals surface area contributed by atoms with E-state index in [0.29, 0.717) is 18.0 Å². The lowest BCUT2D eigenvalue weighted by Gasteiger charge is -2.32. The number of nitrogens with one attached hydrogen (secondary N) is 1. The second kappa shape index (κ2) is 11.3. The minimum Gasteiger partial charge on any atom is -0.393 e. The molecule has 5 rings (SSSR count).